The third kappa shape index (κ3) is 5.35. The van der Waals surface area contributed by atoms with Gasteiger partial charge in [-0.3, -0.25) is 4.79 Å². The number of carbonyl (C=O) groups excluding carboxylic acids is 1. The first-order valence-corrected chi connectivity index (χ1v) is 14.0. The molecule has 1 amide bonds. The monoisotopic (exact) mass is 536 g/mol. The molecule has 0 saturated carbocycles. The first-order chi connectivity index (χ1) is 17.6. The van der Waals surface area contributed by atoms with E-state index in [4.69, 9.17) is 4.74 Å². The molecule has 0 bridgehead atoms. The largest absolute Gasteiger partial charge is 0.497 e. The molecule has 0 heterocycles. The van der Waals surface area contributed by atoms with Gasteiger partial charge in [-0.1, -0.05) is 54.6 Å². The molecule has 0 unspecified atom stereocenters. The van der Waals surface area contributed by atoms with Crippen molar-refractivity contribution in [2.24, 2.45) is 0 Å². The number of hydrogen-bond acceptors (Lipinski definition) is 6. The van der Waals surface area contributed by atoms with Crippen molar-refractivity contribution in [3.05, 3.63) is 103 Å². The predicted molar refractivity (Wildman–Crippen MR) is 142 cm³/mol. The Morgan fingerprint density at radius 3 is 1.76 bits per heavy atom. The van der Waals surface area contributed by atoms with Crippen LogP contribution in [0.15, 0.2) is 113 Å². The number of methoxy groups -OCH3 is 1. The van der Waals surface area contributed by atoms with E-state index in [1.165, 1.54) is 74.7 Å². The minimum Gasteiger partial charge on any atom is -0.497 e. The van der Waals surface area contributed by atoms with Gasteiger partial charge in [-0.2, -0.15) is 3.71 Å². The van der Waals surface area contributed by atoms with Crippen molar-refractivity contribution in [3.63, 3.8) is 0 Å². The van der Waals surface area contributed by atoms with E-state index >= 15 is 0 Å². The van der Waals surface area contributed by atoms with Crippen LogP contribution in [0.3, 0.4) is 0 Å². The van der Waals surface area contributed by atoms with Gasteiger partial charge in [0.2, 0.25) is 5.91 Å². The molecule has 10 heteroatoms. The number of sulfonamides is 2. The van der Waals surface area contributed by atoms with Crippen LogP contribution < -0.4 is 13.8 Å². The van der Waals surface area contributed by atoms with Crippen molar-refractivity contribution in [2.75, 3.05) is 16.1 Å². The fourth-order valence-electron chi connectivity index (χ4n) is 3.72. The second kappa shape index (κ2) is 10.5. The molecule has 0 atom stereocenters. The number of carbonyl (C=O) groups is 1. The van der Waals surface area contributed by atoms with Gasteiger partial charge in [0.15, 0.2) is 0 Å². The number of benzene rings is 4. The second-order valence-corrected chi connectivity index (χ2v) is 11.8. The maximum absolute atomic E-state index is 14.0. The normalized spacial score (nSPS) is 11.5. The first-order valence-electron chi connectivity index (χ1n) is 11.1. The molecule has 0 spiro atoms. The van der Waals surface area contributed by atoms with Gasteiger partial charge >= 0.3 is 0 Å². The van der Waals surface area contributed by atoms with Crippen LogP contribution in [0.1, 0.15) is 6.92 Å². The Balaban J connectivity index is 2.04. The average molecular weight is 537 g/mol. The van der Waals surface area contributed by atoms with Crippen molar-refractivity contribution in [2.45, 2.75) is 16.7 Å². The smallest absolute Gasteiger partial charge is 0.277 e. The first kappa shape index (κ1) is 25.9. The molecular formula is C27H24N2O6S2. The Hall–Kier alpha value is -4.15. The zero-order valence-corrected chi connectivity index (χ0v) is 21.7. The summed E-state index contributed by atoms with van der Waals surface area (Å²) in [5, 5.41) is 2.57. The van der Waals surface area contributed by atoms with Gasteiger partial charge in [-0.05, 0) is 59.7 Å². The third-order valence-electron chi connectivity index (χ3n) is 5.43. The molecule has 0 aromatic heterocycles. The number of rotatable bonds is 8. The molecule has 4 aromatic carbocycles. The molecule has 0 aliphatic carbocycles. The number of ether oxygens (including phenoxy) is 1. The number of amides is 1. The summed E-state index contributed by atoms with van der Waals surface area (Å²) in [5.41, 5.74) is 0.949. The van der Waals surface area contributed by atoms with Crippen LogP contribution in [-0.2, 0) is 24.8 Å². The maximum Gasteiger partial charge on any atom is 0.277 e. The van der Waals surface area contributed by atoms with Crippen LogP contribution in [0.5, 0.6) is 5.75 Å². The van der Waals surface area contributed by atoms with Crippen molar-refractivity contribution in [1.29, 1.82) is 0 Å². The Morgan fingerprint density at radius 2 is 1.24 bits per heavy atom. The minimum absolute atomic E-state index is 0.0122. The zero-order valence-electron chi connectivity index (χ0n) is 20.0. The van der Waals surface area contributed by atoms with Crippen LogP contribution in [0, 0.1) is 0 Å². The lowest BCUT2D eigenvalue weighted by atomic mass is 10.0. The van der Waals surface area contributed by atoms with E-state index < -0.39 is 26.0 Å². The van der Waals surface area contributed by atoms with Gasteiger partial charge < -0.3 is 10.1 Å². The molecule has 0 fully saturated rings. The van der Waals surface area contributed by atoms with E-state index in [1.54, 1.807) is 42.5 Å². The van der Waals surface area contributed by atoms with Gasteiger partial charge in [-0.25, -0.2) is 16.8 Å². The highest BCUT2D eigenvalue weighted by atomic mass is 32.3. The molecule has 0 radical (unpaired) electrons. The Labute approximate surface area is 216 Å². The van der Waals surface area contributed by atoms with Gasteiger partial charge in [0, 0.05) is 6.92 Å². The van der Waals surface area contributed by atoms with E-state index in [2.05, 4.69) is 5.32 Å². The average Bonchev–Trinajstić information content (AvgIpc) is 2.90. The Morgan fingerprint density at radius 1 is 0.703 bits per heavy atom. The summed E-state index contributed by atoms with van der Waals surface area (Å²) in [6.45, 7) is 1.25. The van der Waals surface area contributed by atoms with Crippen molar-refractivity contribution in [3.8, 4) is 16.9 Å². The van der Waals surface area contributed by atoms with Crippen LogP contribution in [-0.4, -0.2) is 29.9 Å². The molecule has 4 aromatic rings. The van der Waals surface area contributed by atoms with E-state index in [-0.39, 0.29) is 21.2 Å². The van der Waals surface area contributed by atoms with E-state index in [0.29, 0.717) is 20.6 Å². The Bertz CT molecular complexity index is 1570. The van der Waals surface area contributed by atoms with Crippen molar-refractivity contribution < 1.29 is 26.4 Å². The number of hydrogen-bond donors (Lipinski definition) is 1. The van der Waals surface area contributed by atoms with Gasteiger partial charge in [0.05, 0.1) is 28.3 Å². The fraction of sp³-hybridized carbons (Fsp3) is 0.0741. The maximum atomic E-state index is 14.0. The van der Waals surface area contributed by atoms with Crippen molar-refractivity contribution >= 4 is 37.3 Å². The van der Waals surface area contributed by atoms with Crippen LogP contribution in [0.4, 0.5) is 11.4 Å². The summed E-state index contributed by atoms with van der Waals surface area (Å²) >= 11 is 0. The van der Waals surface area contributed by atoms with Crippen LogP contribution in [0.2, 0.25) is 0 Å². The summed E-state index contributed by atoms with van der Waals surface area (Å²) in [5.74, 6) is 0.0696. The standard InChI is InChI=1S/C27H24N2O6S2/c1-20(30)28-26-17-16-22(21-10-9-11-23(18-21)35-2)19-27(26)29(36(31,32)24-12-5-3-6-13-24)37(33,34)25-14-7-4-8-15-25/h3-19H,1-2H3,(H,28,30). The second-order valence-electron chi connectivity index (χ2n) is 7.98. The van der Waals surface area contributed by atoms with Crippen LogP contribution in [0.25, 0.3) is 11.1 Å². The Kier molecular flexibility index (Phi) is 7.33. The highest BCUT2D eigenvalue weighted by molar-refractivity contribution is 8.10. The highest BCUT2D eigenvalue weighted by Gasteiger charge is 2.38. The fourth-order valence-corrected chi connectivity index (χ4v) is 7.48. The SMILES string of the molecule is COc1cccc(-c2ccc(NC(C)=O)c(N(S(=O)(=O)c3ccccc3)S(=O)(=O)c3ccccc3)c2)c1. The van der Waals surface area contributed by atoms with E-state index in [0.717, 1.165) is 0 Å². The molecule has 37 heavy (non-hydrogen) atoms. The van der Waals surface area contributed by atoms with Gasteiger partial charge in [0.25, 0.3) is 20.0 Å². The molecule has 4 rings (SSSR count). The topological polar surface area (TPSA) is 110 Å². The summed E-state index contributed by atoms with van der Waals surface area (Å²) in [7, 11) is -7.80. The lowest BCUT2D eigenvalue weighted by Gasteiger charge is -2.26. The van der Waals surface area contributed by atoms with E-state index in [9.17, 15) is 21.6 Å². The predicted octanol–water partition coefficient (Wildman–Crippen LogP) is 4.90. The highest BCUT2D eigenvalue weighted by Crippen LogP contribution is 2.39. The number of nitrogens with one attached hydrogen (secondary N) is 1. The minimum atomic E-state index is -4.66. The summed E-state index contributed by atoms with van der Waals surface area (Å²) in [4.78, 5) is 11.6. The molecular weight excluding hydrogens is 512 g/mol. The zero-order chi connectivity index (χ0) is 26.6. The lowest BCUT2D eigenvalue weighted by molar-refractivity contribution is -0.114. The summed E-state index contributed by atoms with van der Waals surface area (Å²) < 4.78 is 61.5. The summed E-state index contributed by atoms with van der Waals surface area (Å²) in [6, 6.07) is 26.1. The van der Waals surface area contributed by atoms with Crippen LogP contribution >= 0.6 is 0 Å². The quantitative estimate of drug-likeness (QED) is 0.343. The third-order valence-corrected chi connectivity index (χ3v) is 9.61. The summed E-state index contributed by atoms with van der Waals surface area (Å²) in [6.07, 6.45) is 0. The number of nitrogens with zero attached hydrogens (tertiary/aromatic N) is 1. The lowest BCUT2D eigenvalue weighted by Crippen LogP contribution is -2.37. The number of anilines is 2. The molecule has 0 aliphatic heterocycles. The van der Waals surface area contributed by atoms with Gasteiger partial charge in [0.1, 0.15) is 5.75 Å². The van der Waals surface area contributed by atoms with Gasteiger partial charge in [-0.15, -0.1) is 0 Å². The molecule has 190 valence electrons. The van der Waals surface area contributed by atoms with E-state index in [1.807, 2.05) is 0 Å². The molecule has 0 saturated heterocycles. The molecule has 0 aliphatic rings. The van der Waals surface area contributed by atoms with Crippen molar-refractivity contribution in [1.82, 2.24) is 0 Å². The molecule has 8 nitrogen and oxygen atoms in total. The molecule has 1 N–H and O–H groups in total.